The average molecular weight is 594 g/mol. The fourth-order valence-electron chi connectivity index (χ4n) is 5.61. The molecule has 0 spiro atoms. The van der Waals surface area contributed by atoms with Crippen LogP contribution in [0.5, 0.6) is 5.75 Å². The quantitative estimate of drug-likeness (QED) is 0.351. The van der Waals surface area contributed by atoms with E-state index in [4.69, 9.17) is 4.74 Å². The zero-order chi connectivity index (χ0) is 30.2. The summed E-state index contributed by atoms with van der Waals surface area (Å²) in [7, 11) is 1.27. The molecule has 4 aromatic rings. The number of carbonyl (C=O) groups is 2. The van der Waals surface area contributed by atoms with Crippen LogP contribution in [0.25, 0.3) is 16.9 Å². The van der Waals surface area contributed by atoms with Gasteiger partial charge >= 0.3 is 0 Å². The Bertz CT molecular complexity index is 1700. The second-order valence-electron chi connectivity index (χ2n) is 10.6. The third-order valence-corrected chi connectivity index (χ3v) is 7.94. The molecule has 43 heavy (non-hydrogen) atoms. The van der Waals surface area contributed by atoms with E-state index in [9.17, 15) is 22.8 Å². The minimum atomic E-state index is -1.08. The molecule has 2 saturated heterocycles. The molecule has 2 N–H and O–H groups in total. The fraction of sp³-hybridized carbons (Fsp3) is 0.333. The van der Waals surface area contributed by atoms with Gasteiger partial charge in [-0.25, -0.2) is 18.7 Å². The standard InChI is InChI=1S/C30H30F3N7O3/c1-17-13-19(3-4-20(17)29(41)38-9-11-39(12-10-38)30(42)22-14-18(31)15-35-22)37-27-28-36-16-23(40(28)8-7-34-27)21-5-6-24(43-2)26(33)25(21)32/h3-8,13,16,18,22,35H,9-12,14-15H2,1-2H3,(H,34,37)/t18-,22+/m1/s1. The maximum absolute atomic E-state index is 14.8. The highest BCUT2D eigenvalue weighted by Crippen LogP contribution is 2.32. The summed E-state index contributed by atoms with van der Waals surface area (Å²) in [5.74, 6) is -2.18. The average Bonchev–Trinajstić information content (AvgIpc) is 3.65. The number of nitrogens with one attached hydrogen (secondary N) is 2. The fourth-order valence-corrected chi connectivity index (χ4v) is 5.61. The van der Waals surface area contributed by atoms with E-state index in [0.717, 1.165) is 5.56 Å². The van der Waals surface area contributed by atoms with Crippen molar-refractivity contribution in [1.82, 2.24) is 29.5 Å². The lowest BCUT2D eigenvalue weighted by Gasteiger charge is -2.36. The monoisotopic (exact) mass is 593 g/mol. The van der Waals surface area contributed by atoms with E-state index in [0.29, 0.717) is 54.6 Å². The number of halogens is 3. The Labute approximate surface area is 245 Å². The molecule has 2 aliphatic rings. The first-order valence-electron chi connectivity index (χ1n) is 13.9. The Kier molecular flexibility index (Phi) is 7.65. The number of amides is 2. The van der Waals surface area contributed by atoms with Crippen molar-refractivity contribution < 1.29 is 27.5 Å². The molecule has 0 unspecified atom stereocenters. The van der Waals surface area contributed by atoms with Crippen molar-refractivity contribution in [3.63, 3.8) is 0 Å². The summed E-state index contributed by atoms with van der Waals surface area (Å²) in [5.41, 5.74) is 2.69. The van der Waals surface area contributed by atoms with Crippen LogP contribution in [0.1, 0.15) is 22.3 Å². The van der Waals surface area contributed by atoms with Gasteiger partial charge in [-0.2, -0.15) is 4.39 Å². The number of nitrogens with zero attached hydrogens (tertiary/aromatic N) is 5. The number of hydrogen-bond donors (Lipinski definition) is 2. The number of alkyl halides is 1. The van der Waals surface area contributed by atoms with Crippen LogP contribution in [-0.4, -0.2) is 88.0 Å². The highest BCUT2D eigenvalue weighted by molar-refractivity contribution is 5.96. The summed E-state index contributed by atoms with van der Waals surface area (Å²) in [6.45, 7) is 3.60. The van der Waals surface area contributed by atoms with Crippen LogP contribution < -0.4 is 15.4 Å². The van der Waals surface area contributed by atoms with E-state index < -0.39 is 23.8 Å². The van der Waals surface area contributed by atoms with Crippen molar-refractivity contribution in [1.29, 1.82) is 0 Å². The molecule has 2 fully saturated rings. The lowest BCUT2D eigenvalue weighted by molar-refractivity contribution is -0.134. The number of methoxy groups -OCH3 is 1. The molecule has 0 saturated carbocycles. The van der Waals surface area contributed by atoms with Crippen LogP contribution in [0.2, 0.25) is 0 Å². The number of piperazine rings is 1. The summed E-state index contributed by atoms with van der Waals surface area (Å²) in [6.07, 6.45) is 3.74. The summed E-state index contributed by atoms with van der Waals surface area (Å²) in [5, 5.41) is 6.13. The number of fused-ring (bicyclic) bond motifs is 1. The first-order valence-corrected chi connectivity index (χ1v) is 13.9. The van der Waals surface area contributed by atoms with E-state index in [2.05, 4.69) is 20.6 Å². The van der Waals surface area contributed by atoms with E-state index in [1.165, 1.54) is 31.6 Å². The Balaban J connectivity index is 1.15. The highest BCUT2D eigenvalue weighted by atomic mass is 19.2. The van der Waals surface area contributed by atoms with E-state index >= 15 is 0 Å². The van der Waals surface area contributed by atoms with Crippen molar-refractivity contribution in [2.75, 3.05) is 45.2 Å². The molecular weight excluding hydrogens is 563 g/mol. The van der Waals surface area contributed by atoms with Gasteiger partial charge < -0.3 is 25.2 Å². The van der Waals surface area contributed by atoms with Crippen LogP contribution in [0.3, 0.4) is 0 Å². The maximum atomic E-state index is 14.8. The first-order chi connectivity index (χ1) is 20.7. The van der Waals surface area contributed by atoms with E-state index in [1.807, 2.05) is 13.0 Å². The Morgan fingerprint density at radius 2 is 1.81 bits per heavy atom. The number of anilines is 2. The molecule has 224 valence electrons. The number of rotatable bonds is 6. The van der Waals surface area contributed by atoms with E-state index in [1.54, 1.807) is 32.5 Å². The Morgan fingerprint density at radius 3 is 2.51 bits per heavy atom. The zero-order valence-corrected chi connectivity index (χ0v) is 23.6. The molecule has 0 radical (unpaired) electrons. The van der Waals surface area contributed by atoms with Gasteiger partial charge in [0.25, 0.3) is 5.91 Å². The molecular formula is C30H30F3N7O3. The number of aryl methyl sites for hydroxylation is 1. The van der Waals surface area contributed by atoms with Gasteiger partial charge in [-0.05, 0) is 42.8 Å². The van der Waals surface area contributed by atoms with E-state index in [-0.39, 0.29) is 36.1 Å². The van der Waals surface area contributed by atoms with Crippen LogP contribution >= 0.6 is 0 Å². The van der Waals surface area contributed by atoms with Gasteiger partial charge in [0.15, 0.2) is 23.0 Å². The molecule has 6 rings (SSSR count). The molecule has 0 aliphatic carbocycles. The number of imidazole rings is 1. The molecule has 10 nitrogen and oxygen atoms in total. The van der Waals surface area contributed by atoms with Crippen LogP contribution in [0.4, 0.5) is 24.7 Å². The van der Waals surface area contributed by atoms with Gasteiger partial charge in [0, 0.05) is 68.4 Å². The van der Waals surface area contributed by atoms with Crippen molar-refractivity contribution in [2.24, 2.45) is 0 Å². The molecule has 4 heterocycles. The van der Waals surface area contributed by atoms with Crippen LogP contribution in [-0.2, 0) is 4.79 Å². The summed E-state index contributed by atoms with van der Waals surface area (Å²) < 4.78 is 49.2. The van der Waals surface area contributed by atoms with Crippen LogP contribution in [0, 0.1) is 18.6 Å². The predicted molar refractivity (Wildman–Crippen MR) is 153 cm³/mol. The lowest BCUT2D eigenvalue weighted by Crippen LogP contribution is -2.54. The van der Waals surface area contributed by atoms with Gasteiger partial charge in [-0.3, -0.25) is 14.0 Å². The second kappa shape index (κ2) is 11.6. The Morgan fingerprint density at radius 1 is 1.05 bits per heavy atom. The second-order valence-corrected chi connectivity index (χ2v) is 10.6. The number of ether oxygens (including phenoxy) is 1. The summed E-state index contributed by atoms with van der Waals surface area (Å²) in [4.78, 5) is 38.2. The van der Waals surface area contributed by atoms with Gasteiger partial charge in [-0.1, -0.05) is 0 Å². The number of benzene rings is 2. The normalized spacial score (nSPS) is 18.7. The predicted octanol–water partition coefficient (Wildman–Crippen LogP) is 3.72. The minimum absolute atomic E-state index is 0.0236. The third-order valence-electron chi connectivity index (χ3n) is 7.94. The van der Waals surface area contributed by atoms with Crippen molar-refractivity contribution in [3.8, 4) is 17.0 Å². The zero-order valence-electron chi connectivity index (χ0n) is 23.6. The van der Waals surface area contributed by atoms with Crippen LogP contribution in [0.15, 0.2) is 48.9 Å². The smallest absolute Gasteiger partial charge is 0.254 e. The molecule has 0 bridgehead atoms. The SMILES string of the molecule is COc1ccc(-c2cnc3c(Nc4ccc(C(=O)N5CCN(C(=O)[C@@H]6C[C@@H](F)CN6)CC5)c(C)c4)nccn23)c(F)c1F. The summed E-state index contributed by atoms with van der Waals surface area (Å²) in [6, 6.07) is 7.59. The molecule has 2 amide bonds. The molecule has 2 atom stereocenters. The number of hydrogen-bond acceptors (Lipinski definition) is 7. The number of carbonyl (C=O) groups excluding carboxylic acids is 2. The topological polar surface area (TPSA) is 104 Å². The maximum Gasteiger partial charge on any atom is 0.254 e. The summed E-state index contributed by atoms with van der Waals surface area (Å²) >= 11 is 0. The third kappa shape index (κ3) is 5.36. The van der Waals surface area contributed by atoms with Crippen molar-refractivity contribution in [3.05, 3.63) is 71.7 Å². The molecule has 2 aliphatic heterocycles. The largest absolute Gasteiger partial charge is 0.494 e. The minimum Gasteiger partial charge on any atom is -0.494 e. The van der Waals surface area contributed by atoms with Gasteiger partial charge in [-0.15, -0.1) is 0 Å². The van der Waals surface area contributed by atoms with Crippen molar-refractivity contribution >= 4 is 29.0 Å². The van der Waals surface area contributed by atoms with Gasteiger partial charge in [0.05, 0.1) is 25.0 Å². The highest BCUT2D eigenvalue weighted by Gasteiger charge is 2.34. The van der Waals surface area contributed by atoms with Gasteiger partial charge in [0.2, 0.25) is 11.7 Å². The van der Waals surface area contributed by atoms with Crippen molar-refractivity contribution in [2.45, 2.75) is 25.6 Å². The van der Waals surface area contributed by atoms with Gasteiger partial charge in [0.1, 0.15) is 6.17 Å². The molecule has 13 heteroatoms. The first kappa shape index (κ1) is 28.5. The Hall–Kier alpha value is -4.65. The lowest BCUT2D eigenvalue weighted by atomic mass is 10.1. The molecule has 2 aromatic heterocycles. The molecule has 2 aromatic carbocycles. The number of aromatic nitrogens is 3.